The van der Waals surface area contributed by atoms with Gasteiger partial charge in [-0.15, -0.1) is 0 Å². The van der Waals surface area contributed by atoms with Crippen LogP contribution in [0.25, 0.3) is 0 Å². The smallest absolute Gasteiger partial charge is 0.287 e. The molecule has 0 aromatic heterocycles. The molecule has 0 heterocycles. The second kappa shape index (κ2) is 5.44. The van der Waals surface area contributed by atoms with Crippen LogP contribution in [-0.2, 0) is 4.74 Å². The summed E-state index contributed by atoms with van der Waals surface area (Å²) in [6.07, 6.45) is 0. The van der Waals surface area contributed by atoms with Gasteiger partial charge in [0, 0.05) is 0 Å². The number of nitrogens with two attached hydrogens (primary N) is 2. The van der Waals surface area contributed by atoms with Crippen LogP contribution in [0, 0.1) is 22.7 Å². The minimum Gasteiger partial charge on any atom is -0.465 e. The second-order valence-corrected chi connectivity index (χ2v) is 1.87. The molecule has 0 fully saturated rings. The van der Waals surface area contributed by atoms with Crippen molar-refractivity contribution in [2.24, 2.45) is 16.5 Å². The Bertz CT molecular complexity index is 317. The Hall–Kier alpha value is -2.21. The van der Waals surface area contributed by atoms with Crippen molar-refractivity contribution in [1.82, 2.24) is 0 Å². The third-order valence-corrected chi connectivity index (χ3v) is 0.996. The topological polar surface area (TPSA) is 121 Å². The van der Waals surface area contributed by atoms with E-state index in [-0.39, 0.29) is 17.4 Å². The maximum atomic E-state index is 8.49. The summed E-state index contributed by atoms with van der Waals surface area (Å²) < 4.78 is 4.75. The SMILES string of the molecule is CCOC(N)=N/C(C#N)=C(\N)C#N. The number of hydrogen-bond donors (Lipinski definition) is 2. The van der Waals surface area contributed by atoms with Crippen molar-refractivity contribution in [3.05, 3.63) is 11.4 Å². The zero-order valence-electron chi connectivity index (χ0n) is 7.11. The molecule has 0 amide bonds. The first-order valence-electron chi connectivity index (χ1n) is 3.42. The molecule has 68 valence electrons. The predicted octanol–water partition coefficient (Wildman–Crippen LogP) is -0.445. The summed E-state index contributed by atoms with van der Waals surface area (Å²) in [7, 11) is 0. The van der Waals surface area contributed by atoms with Crippen molar-refractivity contribution in [3.8, 4) is 12.1 Å². The molecule has 4 N–H and O–H groups in total. The lowest BCUT2D eigenvalue weighted by atomic mass is 10.4. The molecule has 0 aromatic rings. The Morgan fingerprint density at radius 1 is 1.38 bits per heavy atom. The quantitative estimate of drug-likeness (QED) is 0.338. The lowest BCUT2D eigenvalue weighted by molar-refractivity contribution is 0.322. The van der Waals surface area contributed by atoms with Crippen LogP contribution in [0.4, 0.5) is 0 Å². The highest BCUT2D eigenvalue weighted by atomic mass is 16.5. The van der Waals surface area contributed by atoms with Crippen LogP contribution in [0.15, 0.2) is 16.4 Å². The molecule has 0 bridgehead atoms. The standard InChI is InChI=1S/C7H9N5O/c1-2-13-7(11)12-6(4-9)5(10)3-8/h2,10H2,1H3,(H2,11,12)/b6-5-. The van der Waals surface area contributed by atoms with Gasteiger partial charge in [-0.3, -0.25) is 0 Å². The Balaban J connectivity index is 4.78. The van der Waals surface area contributed by atoms with Crippen LogP contribution in [0.1, 0.15) is 6.92 Å². The summed E-state index contributed by atoms with van der Waals surface area (Å²) in [6.45, 7) is 2.05. The number of hydrogen-bond acceptors (Lipinski definition) is 5. The number of ether oxygens (including phenoxy) is 1. The average Bonchev–Trinajstić information content (AvgIpc) is 2.13. The first kappa shape index (κ1) is 10.8. The monoisotopic (exact) mass is 179 g/mol. The molecule has 13 heavy (non-hydrogen) atoms. The van der Waals surface area contributed by atoms with Gasteiger partial charge in [0.25, 0.3) is 6.02 Å². The van der Waals surface area contributed by atoms with Gasteiger partial charge in [-0.2, -0.15) is 15.5 Å². The molecule has 0 radical (unpaired) electrons. The highest BCUT2D eigenvalue weighted by molar-refractivity contribution is 5.73. The molecule has 0 aliphatic rings. The summed E-state index contributed by atoms with van der Waals surface area (Å²) in [5.41, 5.74) is 9.85. The lowest BCUT2D eigenvalue weighted by Crippen LogP contribution is -2.16. The largest absolute Gasteiger partial charge is 0.465 e. The van der Waals surface area contributed by atoms with Crippen LogP contribution < -0.4 is 11.5 Å². The summed E-state index contributed by atoms with van der Waals surface area (Å²) in [6, 6.07) is 3.02. The van der Waals surface area contributed by atoms with Crippen molar-refractivity contribution in [3.63, 3.8) is 0 Å². The zero-order chi connectivity index (χ0) is 10.3. The predicted molar refractivity (Wildman–Crippen MR) is 45.7 cm³/mol. The summed E-state index contributed by atoms with van der Waals surface area (Å²) in [4.78, 5) is 3.50. The van der Waals surface area contributed by atoms with E-state index in [0.717, 1.165) is 0 Å². The molecule has 0 aliphatic heterocycles. The van der Waals surface area contributed by atoms with E-state index >= 15 is 0 Å². The van der Waals surface area contributed by atoms with Gasteiger partial charge in [0.05, 0.1) is 6.61 Å². The molecule has 0 unspecified atom stereocenters. The third kappa shape index (κ3) is 3.63. The summed E-state index contributed by atoms with van der Waals surface area (Å²) in [5, 5.41) is 16.8. The molecule has 0 saturated carbocycles. The maximum absolute atomic E-state index is 8.49. The van der Waals surface area contributed by atoms with Crippen molar-refractivity contribution in [1.29, 1.82) is 10.5 Å². The van der Waals surface area contributed by atoms with Crippen molar-refractivity contribution in [2.45, 2.75) is 6.92 Å². The molecular weight excluding hydrogens is 170 g/mol. The Labute approximate surface area is 75.7 Å². The molecular formula is C7H9N5O. The van der Waals surface area contributed by atoms with E-state index in [0.29, 0.717) is 6.61 Å². The molecule has 0 aliphatic carbocycles. The van der Waals surface area contributed by atoms with Crippen LogP contribution in [-0.4, -0.2) is 12.6 Å². The summed E-state index contributed by atoms with van der Waals surface area (Å²) >= 11 is 0. The number of nitrogens with zero attached hydrogens (tertiary/aromatic N) is 3. The Morgan fingerprint density at radius 3 is 2.38 bits per heavy atom. The first-order valence-corrected chi connectivity index (χ1v) is 3.42. The first-order chi connectivity index (χ1) is 6.15. The van der Waals surface area contributed by atoms with Gasteiger partial charge in [-0.25, -0.2) is 0 Å². The van der Waals surface area contributed by atoms with Gasteiger partial charge >= 0.3 is 0 Å². The van der Waals surface area contributed by atoms with Gasteiger partial charge in [-0.05, 0) is 6.92 Å². The van der Waals surface area contributed by atoms with Gasteiger partial charge < -0.3 is 16.2 Å². The van der Waals surface area contributed by atoms with Crippen molar-refractivity contribution >= 4 is 6.02 Å². The van der Waals surface area contributed by atoms with Crippen molar-refractivity contribution < 1.29 is 4.74 Å². The highest BCUT2D eigenvalue weighted by Crippen LogP contribution is 1.98. The fourth-order valence-corrected chi connectivity index (χ4v) is 0.489. The number of allylic oxidation sites excluding steroid dienone is 2. The minimum atomic E-state index is -0.287. The maximum Gasteiger partial charge on any atom is 0.287 e. The summed E-state index contributed by atoms with van der Waals surface area (Å²) in [5.74, 6) is 0. The molecule has 6 nitrogen and oxygen atoms in total. The zero-order valence-corrected chi connectivity index (χ0v) is 7.11. The number of amidine groups is 1. The fraction of sp³-hybridized carbons (Fsp3) is 0.286. The normalized spacial score (nSPS) is 12.4. The number of nitriles is 2. The van der Waals surface area contributed by atoms with E-state index in [2.05, 4.69) is 4.99 Å². The molecule has 0 atom stereocenters. The van der Waals surface area contributed by atoms with Gasteiger partial charge in [0.2, 0.25) is 0 Å². The van der Waals surface area contributed by atoms with E-state index in [9.17, 15) is 0 Å². The third-order valence-electron chi connectivity index (χ3n) is 0.996. The molecule has 0 rings (SSSR count). The van der Waals surface area contributed by atoms with E-state index < -0.39 is 0 Å². The van der Waals surface area contributed by atoms with Crippen LogP contribution in [0.2, 0.25) is 0 Å². The van der Waals surface area contributed by atoms with Crippen molar-refractivity contribution in [2.75, 3.05) is 6.61 Å². The van der Waals surface area contributed by atoms with E-state index in [1.807, 2.05) is 0 Å². The molecule has 0 saturated heterocycles. The highest BCUT2D eigenvalue weighted by Gasteiger charge is 2.01. The van der Waals surface area contributed by atoms with Crippen LogP contribution >= 0.6 is 0 Å². The van der Waals surface area contributed by atoms with Gasteiger partial charge in [0.15, 0.2) is 5.70 Å². The van der Waals surface area contributed by atoms with Crippen LogP contribution in [0.3, 0.4) is 0 Å². The molecule has 0 spiro atoms. The van der Waals surface area contributed by atoms with Gasteiger partial charge in [0.1, 0.15) is 17.8 Å². The second-order valence-electron chi connectivity index (χ2n) is 1.87. The minimum absolute atomic E-state index is 0.183. The van der Waals surface area contributed by atoms with E-state index in [1.165, 1.54) is 0 Å². The Morgan fingerprint density at radius 2 is 2.00 bits per heavy atom. The molecule has 6 heteroatoms. The lowest BCUT2D eigenvalue weighted by Gasteiger charge is -1.99. The number of rotatable bonds is 2. The molecule has 0 aromatic carbocycles. The average molecular weight is 179 g/mol. The fourth-order valence-electron chi connectivity index (χ4n) is 0.489. The Kier molecular flexibility index (Phi) is 4.52. The number of aliphatic imine (C=N–C) groups is 1. The van der Waals surface area contributed by atoms with E-state index in [4.69, 9.17) is 26.7 Å². The van der Waals surface area contributed by atoms with Crippen LogP contribution in [0.5, 0.6) is 0 Å². The van der Waals surface area contributed by atoms with Gasteiger partial charge in [-0.1, -0.05) is 0 Å². The van der Waals surface area contributed by atoms with E-state index in [1.54, 1.807) is 19.1 Å².